The van der Waals surface area contributed by atoms with Gasteiger partial charge in [-0.3, -0.25) is 0 Å². The van der Waals surface area contributed by atoms with E-state index in [-0.39, 0.29) is 0 Å². The highest BCUT2D eigenvalue weighted by Crippen LogP contribution is 2.31. The maximum Gasteiger partial charge on any atom is 0.0249 e. The van der Waals surface area contributed by atoms with Gasteiger partial charge in [-0.25, -0.2) is 0 Å². The van der Waals surface area contributed by atoms with Gasteiger partial charge in [0.2, 0.25) is 0 Å². The second-order valence-corrected chi connectivity index (χ2v) is 6.66. The van der Waals surface area contributed by atoms with Crippen LogP contribution in [0.15, 0.2) is 48.6 Å². The molecule has 0 radical (unpaired) electrons. The average Bonchev–Trinajstić information content (AvgIpc) is 2.59. The molecule has 1 saturated carbocycles. The predicted octanol–water partition coefficient (Wildman–Crippen LogP) is 6.32. The average molecular weight is 306 g/mol. The number of benzene rings is 1. The van der Waals surface area contributed by atoms with E-state index in [1.54, 1.807) is 0 Å². The quantitative estimate of drug-likeness (QED) is 0.441. The van der Waals surface area contributed by atoms with E-state index in [1.165, 1.54) is 44.1 Å². The summed E-state index contributed by atoms with van der Waals surface area (Å²) < 4.78 is 0. The van der Waals surface area contributed by atoms with Gasteiger partial charge in [0.25, 0.3) is 0 Å². The summed E-state index contributed by atoms with van der Waals surface area (Å²) in [4.78, 5) is 0. The first kappa shape index (κ1) is 17.6. The number of rotatable bonds is 5. The Morgan fingerprint density at radius 1 is 1.09 bits per heavy atom. The summed E-state index contributed by atoms with van der Waals surface area (Å²) in [5, 5.41) is 0. The summed E-state index contributed by atoms with van der Waals surface area (Å²) in [6.45, 7) is 4.33. The van der Waals surface area contributed by atoms with Gasteiger partial charge in [-0.1, -0.05) is 55.5 Å². The molecule has 1 aliphatic carbocycles. The third-order valence-corrected chi connectivity index (χ3v) is 4.76. The van der Waals surface area contributed by atoms with Crippen molar-refractivity contribution < 1.29 is 0 Å². The lowest BCUT2D eigenvalue weighted by molar-refractivity contribution is 0.312. The molecule has 0 heterocycles. The maximum atomic E-state index is 3.24. The molecule has 0 nitrogen and oxygen atoms in total. The van der Waals surface area contributed by atoms with Crippen LogP contribution < -0.4 is 0 Å². The van der Waals surface area contributed by atoms with E-state index in [0.29, 0.717) is 0 Å². The Bertz CT molecular complexity index is 554. The van der Waals surface area contributed by atoms with Crippen LogP contribution in [0.4, 0.5) is 0 Å². The van der Waals surface area contributed by atoms with Crippen molar-refractivity contribution in [3.63, 3.8) is 0 Å². The minimum absolute atomic E-state index is 0.734. The zero-order valence-electron chi connectivity index (χ0n) is 14.7. The summed E-state index contributed by atoms with van der Waals surface area (Å²) in [6.07, 6.45) is 17.9. The van der Waals surface area contributed by atoms with E-state index in [9.17, 15) is 0 Å². The highest BCUT2D eigenvalue weighted by Gasteiger charge is 2.17. The van der Waals surface area contributed by atoms with E-state index in [0.717, 1.165) is 23.8 Å². The third kappa shape index (κ3) is 6.49. The molecule has 2 rings (SSSR count). The molecule has 0 saturated heterocycles. The van der Waals surface area contributed by atoms with Crippen LogP contribution >= 0.6 is 0 Å². The SMILES string of the molecule is C/C=C/C[C@H]1CC[C@H](/C=C/C#Cc2ccc(CCC)cc2)CC1. The predicted molar refractivity (Wildman–Crippen MR) is 101 cm³/mol. The van der Waals surface area contributed by atoms with Gasteiger partial charge in [0.1, 0.15) is 0 Å². The molecule has 122 valence electrons. The number of hydrogen-bond donors (Lipinski definition) is 0. The molecule has 1 aromatic rings. The molecule has 1 aliphatic rings. The van der Waals surface area contributed by atoms with E-state index < -0.39 is 0 Å². The van der Waals surface area contributed by atoms with Gasteiger partial charge in [-0.15, -0.1) is 0 Å². The Balaban J connectivity index is 1.77. The van der Waals surface area contributed by atoms with Gasteiger partial charge < -0.3 is 0 Å². The summed E-state index contributed by atoms with van der Waals surface area (Å²) >= 11 is 0. The molecule has 1 fully saturated rings. The van der Waals surface area contributed by atoms with E-state index in [1.807, 2.05) is 0 Å². The zero-order valence-corrected chi connectivity index (χ0v) is 14.7. The summed E-state index contributed by atoms with van der Waals surface area (Å²) in [5.74, 6) is 8.09. The Morgan fingerprint density at radius 3 is 2.48 bits per heavy atom. The molecule has 0 N–H and O–H groups in total. The highest BCUT2D eigenvalue weighted by molar-refractivity contribution is 5.38. The minimum atomic E-state index is 0.734. The topological polar surface area (TPSA) is 0 Å². The van der Waals surface area contributed by atoms with Crippen LogP contribution in [0, 0.1) is 23.7 Å². The normalized spacial score (nSPS) is 21.5. The molecule has 0 spiro atoms. The van der Waals surface area contributed by atoms with Crippen LogP contribution in [-0.2, 0) is 6.42 Å². The molecule has 0 bridgehead atoms. The molecule has 1 aromatic carbocycles. The van der Waals surface area contributed by atoms with E-state index >= 15 is 0 Å². The van der Waals surface area contributed by atoms with Gasteiger partial charge in [0, 0.05) is 5.56 Å². The Hall–Kier alpha value is -1.74. The van der Waals surface area contributed by atoms with Gasteiger partial charge >= 0.3 is 0 Å². The standard InChI is InChI=1S/C23H30/c1-3-5-9-21-16-18-23(19-17-21)11-7-6-10-22-14-12-20(8-4-2)13-15-22/h3,5,7,11-15,21,23H,4,8-9,16-19H2,1-2H3/b5-3+,11-7+/t21-,23-. The van der Waals surface area contributed by atoms with Crippen LogP contribution in [0.1, 0.15) is 63.5 Å². The fourth-order valence-corrected chi connectivity index (χ4v) is 3.30. The molecule has 0 atom stereocenters. The monoisotopic (exact) mass is 306 g/mol. The summed E-state index contributed by atoms with van der Waals surface area (Å²) in [5.41, 5.74) is 2.52. The van der Waals surface area contributed by atoms with Crippen molar-refractivity contribution in [3.05, 3.63) is 59.7 Å². The minimum Gasteiger partial charge on any atom is -0.0917 e. The Labute approximate surface area is 142 Å². The molecule has 0 unspecified atom stereocenters. The molecule has 0 aliphatic heterocycles. The second kappa shape index (κ2) is 10.1. The maximum absolute atomic E-state index is 3.24. The lowest BCUT2D eigenvalue weighted by Gasteiger charge is -2.25. The first-order valence-electron chi connectivity index (χ1n) is 9.20. The Kier molecular flexibility index (Phi) is 7.74. The van der Waals surface area contributed by atoms with Crippen molar-refractivity contribution in [2.75, 3.05) is 0 Å². The van der Waals surface area contributed by atoms with E-state index in [2.05, 4.69) is 74.3 Å². The number of hydrogen-bond acceptors (Lipinski definition) is 0. The molecular formula is C23H30. The molecule has 0 heteroatoms. The van der Waals surface area contributed by atoms with Gasteiger partial charge in [0.05, 0.1) is 0 Å². The Morgan fingerprint density at radius 2 is 1.83 bits per heavy atom. The molecule has 0 aromatic heterocycles. The highest BCUT2D eigenvalue weighted by atomic mass is 14.2. The fraction of sp³-hybridized carbons (Fsp3) is 0.478. The lowest BCUT2D eigenvalue weighted by atomic mass is 9.80. The van der Waals surface area contributed by atoms with Gasteiger partial charge in [-0.05, 0) is 81.1 Å². The van der Waals surface area contributed by atoms with Crippen molar-refractivity contribution >= 4 is 0 Å². The molecular weight excluding hydrogens is 276 g/mol. The van der Waals surface area contributed by atoms with Crippen LogP contribution in [0.3, 0.4) is 0 Å². The number of allylic oxidation sites excluding steroid dienone is 4. The van der Waals surface area contributed by atoms with Gasteiger partial charge in [-0.2, -0.15) is 0 Å². The van der Waals surface area contributed by atoms with Crippen molar-refractivity contribution in [1.82, 2.24) is 0 Å². The van der Waals surface area contributed by atoms with Crippen molar-refractivity contribution in [2.24, 2.45) is 11.8 Å². The van der Waals surface area contributed by atoms with Gasteiger partial charge in [0.15, 0.2) is 0 Å². The van der Waals surface area contributed by atoms with Crippen LogP contribution in [0.2, 0.25) is 0 Å². The van der Waals surface area contributed by atoms with Crippen LogP contribution in [-0.4, -0.2) is 0 Å². The first-order valence-corrected chi connectivity index (χ1v) is 9.20. The zero-order chi connectivity index (χ0) is 16.3. The number of aryl methyl sites for hydroxylation is 1. The fourth-order valence-electron chi connectivity index (χ4n) is 3.30. The summed E-state index contributed by atoms with van der Waals surface area (Å²) in [6, 6.07) is 8.67. The molecule has 23 heavy (non-hydrogen) atoms. The molecule has 0 amide bonds. The summed E-state index contributed by atoms with van der Waals surface area (Å²) in [7, 11) is 0. The van der Waals surface area contributed by atoms with E-state index in [4.69, 9.17) is 0 Å². The third-order valence-electron chi connectivity index (χ3n) is 4.76. The van der Waals surface area contributed by atoms with Crippen LogP contribution in [0.5, 0.6) is 0 Å². The lowest BCUT2D eigenvalue weighted by Crippen LogP contribution is -2.12. The van der Waals surface area contributed by atoms with Crippen molar-refractivity contribution in [1.29, 1.82) is 0 Å². The first-order chi connectivity index (χ1) is 11.3. The van der Waals surface area contributed by atoms with Crippen molar-refractivity contribution in [2.45, 2.75) is 58.8 Å². The largest absolute Gasteiger partial charge is 0.0917 e. The smallest absolute Gasteiger partial charge is 0.0249 e. The van der Waals surface area contributed by atoms with Crippen molar-refractivity contribution in [3.8, 4) is 11.8 Å². The van der Waals surface area contributed by atoms with Crippen LogP contribution in [0.25, 0.3) is 0 Å². The second-order valence-electron chi connectivity index (χ2n) is 6.66.